The van der Waals surface area contributed by atoms with Crippen LogP contribution in [0.15, 0.2) is 230 Å². The summed E-state index contributed by atoms with van der Waals surface area (Å²) < 4.78 is 110. The van der Waals surface area contributed by atoms with E-state index in [2.05, 4.69) is 0 Å². The fraction of sp³-hybridized carbons (Fsp3) is 0. The van der Waals surface area contributed by atoms with Gasteiger partial charge >= 0.3 is 0 Å². The molecule has 2 aromatic heterocycles. The van der Waals surface area contributed by atoms with Gasteiger partial charge in [-0.3, -0.25) is 0 Å². The summed E-state index contributed by atoms with van der Waals surface area (Å²) in [7, 11) is 0. The minimum Gasteiger partial charge on any atom is -0.308 e. The van der Waals surface area contributed by atoms with E-state index in [1.165, 1.54) is 4.57 Å². The van der Waals surface area contributed by atoms with Crippen molar-refractivity contribution in [2.45, 2.75) is 0 Å². The van der Waals surface area contributed by atoms with Crippen LogP contribution in [0.1, 0.15) is 16.4 Å². The fourth-order valence-corrected chi connectivity index (χ4v) is 7.61. The van der Waals surface area contributed by atoms with E-state index in [1.54, 1.807) is 12.1 Å². The zero-order chi connectivity index (χ0) is 51.0. The molecule has 0 radical (unpaired) electrons. The zero-order valence-corrected chi connectivity index (χ0v) is 32.3. The topological polar surface area (TPSA) is 43.6 Å². The van der Waals surface area contributed by atoms with Gasteiger partial charge in [0.25, 0.3) is 0 Å². The third-order valence-corrected chi connectivity index (χ3v) is 10.6. The molecular weight excluding hydrogens is 741 g/mol. The minimum absolute atomic E-state index is 0.132. The van der Waals surface area contributed by atoms with Crippen LogP contribution in [-0.2, 0) is 0 Å². The predicted molar refractivity (Wildman–Crippen MR) is 252 cm³/mol. The summed E-state index contributed by atoms with van der Waals surface area (Å²) in [6.07, 6.45) is 0. The number of hydrogen-bond acceptors (Lipinski definition) is 3. The average Bonchev–Trinajstić information content (AvgIpc) is 3.80. The summed E-state index contributed by atoms with van der Waals surface area (Å²) in [5, 5.41) is -0.357. The smallest absolute Gasteiger partial charge is 0.166 e. The molecule has 0 aliphatic rings. The van der Waals surface area contributed by atoms with Gasteiger partial charge in [-0.15, -0.1) is 0 Å². The summed E-state index contributed by atoms with van der Waals surface area (Å²) >= 11 is 0. The highest BCUT2D eigenvalue weighted by molar-refractivity contribution is 6.11. The summed E-state index contributed by atoms with van der Waals surface area (Å²) in [6.45, 7) is 0. The molecule has 9 aromatic carbocycles. The van der Waals surface area contributed by atoms with Crippen molar-refractivity contribution in [2.75, 3.05) is 0 Å². The molecule has 0 fully saturated rings. The van der Waals surface area contributed by atoms with E-state index in [4.69, 9.17) is 24.5 Å². The van der Waals surface area contributed by atoms with Crippen molar-refractivity contribution in [3.05, 3.63) is 230 Å². The maximum atomic E-state index is 9.82. The molecule has 0 unspecified atom stereocenters. The van der Waals surface area contributed by atoms with E-state index in [-0.39, 0.29) is 33.3 Å². The summed E-state index contributed by atoms with van der Waals surface area (Å²) in [4.78, 5) is 15.1. The Balaban J connectivity index is 1.24. The van der Waals surface area contributed by atoms with E-state index in [0.717, 1.165) is 27.8 Å². The average molecular weight is 791 g/mol. The Labute approximate surface area is 371 Å². The molecule has 4 nitrogen and oxygen atoms in total. The van der Waals surface area contributed by atoms with Gasteiger partial charge in [-0.25, -0.2) is 15.0 Å². The predicted octanol–water partition coefficient (Wildman–Crippen LogP) is 14.6. The number of hydrogen-bond donors (Lipinski definition) is 0. The van der Waals surface area contributed by atoms with Gasteiger partial charge in [0.05, 0.1) is 33.2 Å². The van der Waals surface area contributed by atoms with Gasteiger partial charge in [-0.1, -0.05) is 200 Å². The second-order valence-electron chi connectivity index (χ2n) is 14.3. The minimum atomic E-state index is -0.706. The Morgan fingerprint density at radius 1 is 0.328 bits per heavy atom. The molecule has 0 atom stereocenters. The molecule has 286 valence electrons. The van der Waals surface area contributed by atoms with Crippen molar-refractivity contribution in [3.63, 3.8) is 0 Å². The first-order chi connectivity index (χ1) is 35.2. The lowest BCUT2D eigenvalue weighted by Gasteiger charge is -2.17. The van der Waals surface area contributed by atoms with Crippen LogP contribution < -0.4 is 0 Å². The van der Waals surface area contributed by atoms with Gasteiger partial charge in [-0.05, 0) is 74.8 Å². The number of rotatable bonds is 8. The molecule has 11 rings (SSSR count). The first-order valence-electron chi connectivity index (χ1n) is 25.6. The lowest BCUT2D eigenvalue weighted by molar-refractivity contribution is 1.06. The normalized spacial score (nSPS) is 14.0. The van der Waals surface area contributed by atoms with Crippen LogP contribution in [0.4, 0.5) is 0 Å². The highest BCUT2D eigenvalue weighted by Crippen LogP contribution is 2.40. The van der Waals surface area contributed by atoms with Gasteiger partial charge in [0.15, 0.2) is 17.5 Å². The van der Waals surface area contributed by atoms with Crippen LogP contribution in [0, 0.1) is 0 Å². The maximum Gasteiger partial charge on any atom is 0.166 e. The van der Waals surface area contributed by atoms with Gasteiger partial charge in [0.1, 0.15) is 0 Å². The molecule has 61 heavy (non-hydrogen) atoms. The van der Waals surface area contributed by atoms with Crippen molar-refractivity contribution >= 4 is 21.8 Å². The van der Waals surface area contributed by atoms with Crippen LogP contribution in [0.3, 0.4) is 0 Å². The molecular formula is C57H38N4. The highest BCUT2D eigenvalue weighted by Gasteiger charge is 2.21. The lowest BCUT2D eigenvalue weighted by Crippen LogP contribution is -2.04. The first kappa shape index (κ1) is 25.3. The number of aromatic nitrogens is 4. The van der Waals surface area contributed by atoms with Crippen molar-refractivity contribution < 1.29 is 16.4 Å². The SMILES string of the molecule is [2H]c1c([2H])c([2H])c(-c2c([2H])c([2H])c3c(c2[2H])c2c([2H])c([2H])c([2H])c([2H])c2n3-c2cc(-c3ccc(-c4ccccc4)cc3)ccc2-c2nc(-c3ccccc3)nc(-c3ccc(-c4ccccc4)cc3)n2)c([2H])c1[2H]. The fourth-order valence-electron chi connectivity index (χ4n) is 7.61. The second-order valence-corrected chi connectivity index (χ2v) is 14.3. The Morgan fingerprint density at radius 3 is 1.41 bits per heavy atom. The first-order valence-corrected chi connectivity index (χ1v) is 19.6. The standard InChI is InChI=1S/C57H38N4/c1-5-15-39(16-6-1)42-25-27-44(28-26-42)48-33-35-50(54(38-48)61-52-24-14-13-23-49(52)51-37-47(34-36-53(51)61)41-19-9-3-10-20-41)57-59-55(45-21-11-4-12-22-45)58-56(60-57)46-31-29-43(30-32-46)40-17-7-2-8-18-40/h1-38H/i3D,9D,10D,13D,14D,19D,20D,23D,24D,34D,36D,37D. The molecule has 0 aliphatic heterocycles. The van der Waals surface area contributed by atoms with Gasteiger partial charge in [-0.2, -0.15) is 0 Å². The quantitative estimate of drug-likeness (QED) is 0.154. The lowest BCUT2D eigenvalue weighted by atomic mass is 9.98. The number of fused-ring (bicyclic) bond motifs is 3. The zero-order valence-electron chi connectivity index (χ0n) is 44.3. The molecule has 0 spiro atoms. The number of para-hydroxylation sites is 1. The number of nitrogens with zero attached hydrogens (tertiary/aromatic N) is 4. The third kappa shape index (κ3) is 6.86. The maximum absolute atomic E-state index is 9.82. The van der Waals surface area contributed by atoms with Gasteiger partial charge < -0.3 is 4.57 Å². The molecule has 0 bridgehead atoms. The van der Waals surface area contributed by atoms with Crippen molar-refractivity contribution in [1.29, 1.82) is 0 Å². The van der Waals surface area contributed by atoms with Gasteiger partial charge in [0.2, 0.25) is 0 Å². The summed E-state index contributed by atoms with van der Waals surface area (Å²) in [5.41, 5.74) is 6.13. The monoisotopic (exact) mass is 790 g/mol. The Morgan fingerprint density at radius 2 is 0.787 bits per heavy atom. The molecule has 0 saturated heterocycles. The molecule has 0 aliphatic carbocycles. The van der Waals surface area contributed by atoms with Crippen LogP contribution in [-0.4, -0.2) is 19.5 Å². The highest BCUT2D eigenvalue weighted by atomic mass is 15.1. The van der Waals surface area contributed by atoms with Crippen molar-refractivity contribution in [3.8, 4) is 84.4 Å². The van der Waals surface area contributed by atoms with Gasteiger partial charge in [0, 0.05) is 27.5 Å². The molecule has 4 heteroatoms. The van der Waals surface area contributed by atoms with Crippen LogP contribution >= 0.6 is 0 Å². The van der Waals surface area contributed by atoms with Crippen LogP contribution in [0.25, 0.3) is 106 Å². The Kier molecular flexibility index (Phi) is 6.44. The van der Waals surface area contributed by atoms with Crippen LogP contribution in [0.5, 0.6) is 0 Å². The molecule has 0 N–H and O–H groups in total. The van der Waals surface area contributed by atoms with E-state index >= 15 is 0 Å². The Hall–Kier alpha value is -8.21. The summed E-state index contributed by atoms with van der Waals surface area (Å²) in [6, 6.07) is 42.8. The van der Waals surface area contributed by atoms with Crippen molar-refractivity contribution in [1.82, 2.24) is 19.5 Å². The Bertz CT molecular complexity index is 3990. The van der Waals surface area contributed by atoms with E-state index in [0.29, 0.717) is 33.9 Å². The van der Waals surface area contributed by atoms with E-state index < -0.39 is 83.6 Å². The molecule has 0 saturated carbocycles. The molecule has 2 heterocycles. The molecule has 11 aromatic rings. The number of benzene rings is 9. The molecule has 0 amide bonds. The van der Waals surface area contributed by atoms with E-state index in [9.17, 15) is 6.85 Å². The van der Waals surface area contributed by atoms with E-state index in [1.807, 2.05) is 146 Å². The third-order valence-electron chi connectivity index (χ3n) is 10.6. The largest absolute Gasteiger partial charge is 0.308 e. The van der Waals surface area contributed by atoms with Crippen molar-refractivity contribution in [2.24, 2.45) is 0 Å². The second kappa shape index (κ2) is 15.5. The van der Waals surface area contributed by atoms with Crippen LogP contribution in [0.2, 0.25) is 0 Å². The summed E-state index contributed by atoms with van der Waals surface area (Å²) in [5.74, 6) is 0.812.